The number of esters is 1. The molecule has 2 aromatic carbocycles. The summed E-state index contributed by atoms with van der Waals surface area (Å²) in [5.74, 6) is 2.42. The number of hydrogen-bond donors (Lipinski definition) is 0. The SMILES string of the molecule is CCCCCC[C@@H](C)Oc1ccc(C(=O)Oc2ccc(OCCC[C@@H](C)CC)cc2)cc1. The number of unbranched alkanes of at least 4 members (excludes halogenated alkanes) is 3. The van der Waals surface area contributed by atoms with Gasteiger partial charge in [0.1, 0.15) is 17.2 Å². The molecule has 4 heteroatoms. The molecule has 2 atom stereocenters. The van der Waals surface area contributed by atoms with Gasteiger partial charge in [0.05, 0.1) is 18.3 Å². The fourth-order valence-corrected chi connectivity index (χ4v) is 3.42. The second-order valence-corrected chi connectivity index (χ2v) is 8.67. The van der Waals surface area contributed by atoms with Crippen molar-refractivity contribution in [3.05, 3.63) is 54.1 Å². The van der Waals surface area contributed by atoms with Crippen LogP contribution in [0.2, 0.25) is 0 Å². The van der Waals surface area contributed by atoms with E-state index in [1.54, 1.807) is 24.3 Å². The molecule has 0 unspecified atom stereocenters. The molecule has 0 aliphatic carbocycles. The van der Waals surface area contributed by atoms with Crippen molar-refractivity contribution in [1.82, 2.24) is 0 Å². The lowest BCUT2D eigenvalue weighted by Crippen LogP contribution is -2.12. The van der Waals surface area contributed by atoms with Gasteiger partial charge in [0.2, 0.25) is 0 Å². The zero-order valence-electron chi connectivity index (χ0n) is 20.3. The molecule has 4 nitrogen and oxygen atoms in total. The molecule has 2 rings (SSSR count). The Hall–Kier alpha value is -2.49. The zero-order chi connectivity index (χ0) is 23.2. The average Bonchev–Trinajstić information content (AvgIpc) is 2.81. The third kappa shape index (κ3) is 9.76. The highest BCUT2D eigenvalue weighted by Crippen LogP contribution is 2.21. The summed E-state index contributed by atoms with van der Waals surface area (Å²) in [7, 11) is 0. The van der Waals surface area contributed by atoms with Gasteiger partial charge in [0, 0.05) is 0 Å². The lowest BCUT2D eigenvalue weighted by Gasteiger charge is -2.15. The smallest absolute Gasteiger partial charge is 0.343 e. The van der Waals surface area contributed by atoms with Crippen LogP contribution in [0.3, 0.4) is 0 Å². The van der Waals surface area contributed by atoms with E-state index >= 15 is 0 Å². The van der Waals surface area contributed by atoms with Crippen molar-refractivity contribution in [2.45, 2.75) is 85.2 Å². The summed E-state index contributed by atoms with van der Waals surface area (Å²) in [6.45, 7) is 9.49. The first-order chi connectivity index (χ1) is 15.5. The average molecular weight is 441 g/mol. The fourth-order valence-electron chi connectivity index (χ4n) is 3.42. The largest absolute Gasteiger partial charge is 0.494 e. The van der Waals surface area contributed by atoms with Crippen LogP contribution < -0.4 is 14.2 Å². The van der Waals surface area contributed by atoms with Crippen LogP contribution in [-0.2, 0) is 0 Å². The van der Waals surface area contributed by atoms with Crippen LogP contribution in [-0.4, -0.2) is 18.7 Å². The third-order valence-electron chi connectivity index (χ3n) is 5.73. The Kier molecular flexibility index (Phi) is 11.7. The van der Waals surface area contributed by atoms with Gasteiger partial charge in [-0.15, -0.1) is 0 Å². The summed E-state index contributed by atoms with van der Waals surface area (Å²) in [5.41, 5.74) is 0.498. The predicted molar refractivity (Wildman–Crippen MR) is 131 cm³/mol. The van der Waals surface area contributed by atoms with Crippen LogP contribution in [0.4, 0.5) is 0 Å². The minimum Gasteiger partial charge on any atom is -0.494 e. The number of rotatable bonds is 15. The Labute approximate surface area is 194 Å². The molecule has 0 aliphatic rings. The topological polar surface area (TPSA) is 44.8 Å². The van der Waals surface area contributed by atoms with Gasteiger partial charge in [-0.1, -0.05) is 46.5 Å². The van der Waals surface area contributed by atoms with Crippen molar-refractivity contribution in [2.75, 3.05) is 6.61 Å². The lowest BCUT2D eigenvalue weighted by molar-refractivity contribution is 0.0734. The zero-order valence-corrected chi connectivity index (χ0v) is 20.3. The molecule has 0 spiro atoms. The Bertz CT molecular complexity index is 767. The van der Waals surface area contributed by atoms with E-state index in [0.29, 0.717) is 17.9 Å². The van der Waals surface area contributed by atoms with E-state index in [0.717, 1.165) is 30.3 Å². The molecule has 0 heterocycles. The summed E-state index contributed by atoms with van der Waals surface area (Å²) in [4.78, 5) is 12.4. The number of carbonyl (C=O) groups excluding carboxylic acids is 1. The Balaban J connectivity index is 1.76. The molecular formula is C28H40O4. The maximum Gasteiger partial charge on any atom is 0.343 e. The first kappa shape index (κ1) is 25.8. The second-order valence-electron chi connectivity index (χ2n) is 8.67. The van der Waals surface area contributed by atoms with Crippen LogP contribution in [0, 0.1) is 5.92 Å². The quantitative estimate of drug-likeness (QED) is 0.161. The number of ether oxygens (including phenoxy) is 3. The second kappa shape index (κ2) is 14.5. The maximum atomic E-state index is 12.4. The Morgan fingerprint density at radius 2 is 1.44 bits per heavy atom. The van der Waals surface area contributed by atoms with Gasteiger partial charge in [-0.2, -0.15) is 0 Å². The van der Waals surface area contributed by atoms with Crippen molar-refractivity contribution in [3.8, 4) is 17.2 Å². The van der Waals surface area contributed by atoms with E-state index in [4.69, 9.17) is 14.2 Å². The minimum atomic E-state index is -0.383. The van der Waals surface area contributed by atoms with Crippen LogP contribution in [0.25, 0.3) is 0 Å². The van der Waals surface area contributed by atoms with E-state index in [9.17, 15) is 4.79 Å². The molecule has 0 radical (unpaired) electrons. The van der Waals surface area contributed by atoms with E-state index in [1.165, 1.54) is 38.5 Å². The fraction of sp³-hybridized carbons (Fsp3) is 0.536. The standard InChI is InChI=1S/C28H40O4/c1-5-7-8-9-12-23(4)31-26-15-13-24(14-16-26)28(29)32-27-19-17-25(18-20-27)30-21-10-11-22(3)6-2/h13-20,22-23H,5-12,21H2,1-4H3/t22-,23+/m0/s1. The molecule has 176 valence electrons. The summed E-state index contributed by atoms with van der Waals surface area (Å²) in [6, 6.07) is 14.4. The van der Waals surface area contributed by atoms with Gasteiger partial charge in [0.25, 0.3) is 0 Å². The Morgan fingerprint density at radius 3 is 2.09 bits per heavy atom. The summed E-state index contributed by atoms with van der Waals surface area (Å²) >= 11 is 0. The van der Waals surface area contributed by atoms with Crippen molar-refractivity contribution >= 4 is 5.97 Å². The lowest BCUT2D eigenvalue weighted by atomic mass is 10.0. The molecule has 0 saturated heterocycles. The van der Waals surface area contributed by atoms with E-state index in [1.807, 2.05) is 24.3 Å². The van der Waals surface area contributed by atoms with Gasteiger partial charge in [-0.05, 0) is 87.1 Å². The molecule has 0 aliphatic heterocycles. The van der Waals surface area contributed by atoms with Gasteiger partial charge in [-0.3, -0.25) is 0 Å². The van der Waals surface area contributed by atoms with E-state index in [-0.39, 0.29) is 12.1 Å². The monoisotopic (exact) mass is 440 g/mol. The van der Waals surface area contributed by atoms with Gasteiger partial charge < -0.3 is 14.2 Å². The molecule has 0 amide bonds. The normalized spacial score (nSPS) is 12.8. The maximum absolute atomic E-state index is 12.4. The third-order valence-corrected chi connectivity index (χ3v) is 5.73. The number of benzene rings is 2. The first-order valence-corrected chi connectivity index (χ1v) is 12.2. The van der Waals surface area contributed by atoms with Crippen molar-refractivity contribution < 1.29 is 19.0 Å². The molecule has 0 bridgehead atoms. The molecule has 0 N–H and O–H groups in total. The first-order valence-electron chi connectivity index (χ1n) is 12.2. The minimum absolute atomic E-state index is 0.167. The molecule has 32 heavy (non-hydrogen) atoms. The Morgan fingerprint density at radius 1 is 0.781 bits per heavy atom. The molecule has 2 aromatic rings. The van der Waals surface area contributed by atoms with E-state index in [2.05, 4.69) is 27.7 Å². The highest BCUT2D eigenvalue weighted by Gasteiger charge is 2.10. The van der Waals surface area contributed by atoms with Crippen molar-refractivity contribution in [3.63, 3.8) is 0 Å². The van der Waals surface area contributed by atoms with Crippen LogP contribution in [0.5, 0.6) is 17.2 Å². The molecule has 0 saturated carbocycles. The predicted octanol–water partition coefficient (Wildman–Crippen LogP) is 7.85. The van der Waals surface area contributed by atoms with E-state index < -0.39 is 0 Å². The molecule has 0 fully saturated rings. The summed E-state index contributed by atoms with van der Waals surface area (Å²) in [6.07, 6.45) is 9.58. The van der Waals surface area contributed by atoms with Crippen molar-refractivity contribution in [2.24, 2.45) is 5.92 Å². The summed E-state index contributed by atoms with van der Waals surface area (Å²) < 4.78 is 17.2. The number of hydrogen-bond acceptors (Lipinski definition) is 4. The van der Waals surface area contributed by atoms with Crippen LogP contribution in [0.15, 0.2) is 48.5 Å². The number of carbonyl (C=O) groups is 1. The highest BCUT2D eigenvalue weighted by atomic mass is 16.5. The molecule has 0 aromatic heterocycles. The van der Waals surface area contributed by atoms with Crippen LogP contribution >= 0.6 is 0 Å². The van der Waals surface area contributed by atoms with Gasteiger partial charge in [-0.25, -0.2) is 4.79 Å². The van der Waals surface area contributed by atoms with Crippen molar-refractivity contribution in [1.29, 1.82) is 0 Å². The van der Waals surface area contributed by atoms with Gasteiger partial charge >= 0.3 is 5.97 Å². The highest BCUT2D eigenvalue weighted by molar-refractivity contribution is 5.91. The van der Waals surface area contributed by atoms with Gasteiger partial charge in [0.15, 0.2) is 0 Å². The molecular weight excluding hydrogens is 400 g/mol. The van der Waals surface area contributed by atoms with Crippen LogP contribution in [0.1, 0.15) is 89.4 Å². The summed E-state index contributed by atoms with van der Waals surface area (Å²) in [5, 5.41) is 0.